The van der Waals surface area contributed by atoms with Crippen molar-refractivity contribution in [2.24, 2.45) is 10.8 Å². The van der Waals surface area contributed by atoms with E-state index < -0.39 is 85.0 Å². The summed E-state index contributed by atoms with van der Waals surface area (Å²) in [5, 5.41) is 20.5. The van der Waals surface area contributed by atoms with Gasteiger partial charge in [0.1, 0.15) is 28.3 Å². The Morgan fingerprint density at radius 2 is 1.49 bits per heavy atom. The zero-order valence-electron chi connectivity index (χ0n) is 59.5. The molecule has 2 aliphatic carbocycles. The highest BCUT2D eigenvalue weighted by Gasteiger charge is 2.50. The Morgan fingerprint density at radius 1 is 0.817 bits per heavy atom. The number of aromatic nitrogens is 1. The van der Waals surface area contributed by atoms with Gasteiger partial charge in [-0.1, -0.05) is 99.0 Å². The Hall–Kier alpha value is -7.01. The number of thiazole rings is 1. The molecule has 0 radical (unpaired) electrons. The summed E-state index contributed by atoms with van der Waals surface area (Å²) in [6.45, 7) is 15.7. The van der Waals surface area contributed by atoms with Crippen molar-refractivity contribution in [1.29, 1.82) is 0 Å². The molecule has 5 amide bonds. The van der Waals surface area contributed by atoms with Crippen molar-refractivity contribution in [2.75, 3.05) is 88.0 Å². The van der Waals surface area contributed by atoms with E-state index in [-0.39, 0.29) is 53.8 Å². The number of piperazine rings is 2. The molecule has 104 heavy (non-hydrogen) atoms. The maximum atomic E-state index is 14.6. The minimum atomic E-state index is -6.03. The molecule has 1 aromatic heterocycles. The maximum absolute atomic E-state index is 14.6. The van der Waals surface area contributed by atoms with Crippen LogP contribution < -0.4 is 25.6 Å². The van der Waals surface area contributed by atoms with Crippen LogP contribution in [0.15, 0.2) is 147 Å². The van der Waals surface area contributed by atoms with Gasteiger partial charge in [0.15, 0.2) is 4.90 Å². The number of benzene rings is 5. The van der Waals surface area contributed by atoms with Crippen LogP contribution in [-0.4, -0.2) is 180 Å². The number of halogens is 4. The lowest BCUT2D eigenvalue weighted by Crippen LogP contribution is -2.57. The van der Waals surface area contributed by atoms with Gasteiger partial charge in [-0.2, -0.15) is 17.9 Å². The SMILES string of the molecule is Cc1ncsc1-c1ccc([C@H](C)NC(=O)[C@@H]2C[C@@H](O)CN2C(=O)[C@@H](NC(=O)CCCCCC(=O)N2CCN(CC[C@H](CSc3ccccc3)Nc3ccc([S+]([O-])NC(=O)c4ccc(N5CCN(CC6=C(c7ccc(Cl)cc7)CCC7(CC7)C6)CC5)cc4)cc3S(=O)(=O)C(F)(F)F)CC2)C(C)(C)C)cc1. The molecular weight excluding hydrogens is 1430 g/mol. The average molecular weight is 1520 g/mol. The summed E-state index contributed by atoms with van der Waals surface area (Å²) in [6, 6.07) is 32.4. The van der Waals surface area contributed by atoms with Crippen molar-refractivity contribution in [3.63, 3.8) is 0 Å². The monoisotopic (exact) mass is 1520 g/mol. The van der Waals surface area contributed by atoms with E-state index in [9.17, 15) is 55.2 Å². The average Bonchev–Trinajstić information content (AvgIpc) is 0.986. The van der Waals surface area contributed by atoms with Gasteiger partial charge >= 0.3 is 5.51 Å². The first-order valence-corrected chi connectivity index (χ1v) is 40.7. The predicted molar refractivity (Wildman–Crippen MR) is 404 cm³/mol. The van der Waals surface area contributed by atoms with Crippen LogP contribution in [-0.2, 0) is 40.4 Å². The predicted octanol–water partition coefficient (Wildman–Crippen LogP) is 12.5. The molecule has 0 bridgehead atoms. The Kier molecular flexibility index (Phi) is 25.7. The number of alkyl halides is 3. The zero-order chi connectivity index (χ0) is 74.1. The van der Waals surface area contributed by atoms with Crippen LogP contribution in [0.1, 0.15) is 138 Å². The molecule has 6 aromatic rings. The number of carbonyl (C=O) groups is 5. The van der Waals surface area contributed by atoms with E-state index in [0.717, 1.165) is 88.9 Å². The minimum absolute atomic E-state index is 0.0389. The van der Waals surface area contributed by atoms with Crippen molar-refractivity contribution < 1.29 is 55.2 Å². The third-order valence-corrected chi connectivity index (χ3v) is 25.7. The Labute approximate surface area is 624 Å². The van der Waals surface area contributed by atoms with E-state index >= 15 is 0 Å². The lowest BCUT2D eigenvalue weighted by Gasteiger charge is -2.38. The summed E-state index contributed by atoms with van der Waals surface area (Å²) in [5.74, 6) is -1.68. The Morgan fingerprint density at radius 3 is 2.14 bits per heavy atom. The third-order valence-electron chi connectivity index (χ3n) is 20.7. The van der Waals surface area contributed by atoms with Gasteiger partial charge < -0.3 is 40.3 Å². The van der Waals surface area contributed by atoms with Crippen LogP contribution in [0, 0.1) is 17.8 Å². The quantitative estimate of drug-likeness (QED) is 0.0174. The number of rotatable bonds is 28. The summed E-state index contributed by atoms with van der Waals surface area (Å²) in [7, 11) is -6.03. The number of carbonyl (C=O) groups excluding carboxylic acids is 5. The number of nitrogens with one attached hydrogen (secondary N) is 4. The second-order valence-electron chi connectivity index (χ2n) is 29.3. The van der Waals surface area contributed by atoms with E-state index in [1.54, 1.807) is 33.9 Å². The fraction of sp³-hybridized carbons (Fsp3) is 0.481. The fourth-order valence-corrected chi connectivity index (χ4v) is 18.1. The van der Waals surface area contributed by atoms with Gasteiger partial charge in [-0.25, -0.2) is 13.4 Å². The number of hydrogen-bond acceptors (Lipinski definition) is 16. The van der Waals surface area contributed by atoms with Crippen molar-refractivity contribution in [2.45, 2.75) is 162 Å². The molecule has 11 rings (SSSR count). The molecule has 1 unspecified atom stereocenters. The third kappa shape index (κ3) is 20.0. The first kappa shape index (κ1) is 78.1. The van der Waals surface area contributed by atoms with Crippen molar-refractivity contribution in [3.05, 3.63) is 160 Å². The van der Waals surface area contributed by atoms with Gasteiger partial charge in [0, 0.05) is 130 Å². The number of likely N-dealkylation sites (tertiary alicyclic amines) is 1. The topological polar surface area (TPSA) is 240 Å². The first-order chi connectivity index (χ1) is 49.6. The highest BCUT2D eigenvalue weighted by molar-refractivity contribution is 7.99. The number of aryl methyl sites for hydroxylation is 1. The minimum Gasteiger partial charge on any atom is -0.588 e. The van der Waals surface area contributed by atoms with Gasteiger partial charge in [0.2, 0.25) is 23.6 Å². The highest BCUT2D eigenvalue weighted by Crippen LogP contribution is 2.59. The zero-order valence-corrected chi connectivity index (χ0v) is 63.5. The first-order valence-electron chi connectivity index (χ1n) is 35.9. The highest BCUT2D eigenvalue weighted by atomic mass is 35.5. The molecule has 27 heteroatoms. The maximum Gasteiger partial charge on any atom is 0.501 e. The van der Waals surface area contributed by atoms with E-state index in [2.05, 4.69) is 52.5 Å². The van der Waals surface area contributed by atoms with Crippen LogP contribution in [0.25, 0.3) is 16.0 Å². The lowest BCUT2D eigenvalue weighted by atomic mass is 9.79. The van der Waals surface area contributed by atoms with E-state index in [1.807, 2.05) is 113 Å². The Balaban J connectivity index is 0.634. The summed E-state index contributed by atoms with van der Waals surface area (Å²) in [5.41, 5.74) is 3.54. The van der Waals surface area contributed by atoms with Gasteiger partial charge in [-0.15, -0.1) is 23.1 Å². The van der Waals surface area contributed by atoms with Crippen molar-refractivity contribution >= 4 is 102 Å². The molecule has 1 spiro atoms. The molecule has 558 valence electrons. The summed E-state index contributed by atoms with van der Waals surface area (Å²) in [6.07, 6.45) is 7.42. The van der Waals surface area contributed by atoms with E-state index in [0.29, 0.717) is 75.6 Å². The number of aliphatic hydroxyl groups is 1. The number of anilines is 2. The normalized spacial score (nSPS) is 19.3. The van der Waals surface area contributed by atoms with E-state index in [4.69, 9.17) is 11.6 Å². The van der Waals surface area contributed by atoms with Crippen LogP contribution in [0.2, 0.25) is 5.02 Å². The number of allylic oxidation sites excluding steroid dienone is 1. The number of sulfone groups is 1. The van der Waals surface area contributed by atoms with Gasteiger partial charge in [-0.3, -0.25) is 33.8 Å². The molecule has 5 aliphatic rings. The Bertz CT molecular complexity index is 4130. The molecular formula is C77H94ClF3N10O9S4. The lowest BCUT2D eigenvalue weighted by molar-refractivity contribution is -0.144. The molecule has 3 saturated heterocycles. The number of β-amino-alcohol motifs (C(OH)–C–C–N with tert-alkyl or cyclic N) is 1. The molecule has 1 saturated carbocycles. The molecule has 4 heterocycles. The van der Waals surface area contributed by atoms with E-state index in [1.165, 1.54) is 58.7 Å². The molecule has 19 nitrogen and oxygen atoms in total. The van der Waals surface area contributed by atoms with Gasteiger partial charge in [-0.05, 0) is 159 Å². The number of aliphatic hydroxyl groups excluding tert-OH is 1. The molecule has 6 atom stereocenters. The van der Waals surface area contributed by atoms with Gasteiger partial charge in [0.05, 0.1) is 33.9 Å². The number of hydrogen-bond donors (Lipinski definition) is 5. The molecule has 5 aromatic carbocycles. The summed E-state index contributed by atoms with van der Waals surface area (Å²) >= 11 is 6.77. The number of nitrogens with zero attached hydrogens (tertiary/aromatic N) is 6. The number of unbranched alkanes of at least 4 members (excludes halogenated alkanes) is 2. The van der Waals surface area contributed by atoms with Crippen LogP contribution >= 0.6 is 34.7 Å². The van der Waals surface area contributed by atoms with Crippen LogP contribution in [0.3, 0.4) is 0 Å². The van der Waals surface area contributed by atoms with Crippen LogP contribution in [0.4, 0.5) is 24.5 Å². The van der Waals surface area contributed by atoms with Gasteiger partial charge in [0.25, 0.3) is 15.7 Å². The standard InChI is InChI=1S/C77H94ClF3N10O9S4/c1-51(53-16-18-55(19-17-53)70-52(2)82-50-102-70)83-73(96)66-44-61(92)48-91(66)74(97)71(75(3,4)5)85-68(93)14-10-7-11-15-69(94)90-42-36-87(37-43-90)35-31-59(49-101-62-12-8-6-9-13-62)84-65-29-28-63(45-67(65)104(99,100)77(79,80)81)103(98)86-72(95)56-22-26-60(27-23-56)89-40-38-88(39-41-89)47-57-46-76(33-34-76)32-30-64(57)54-20-24-58(78)25-21-54/h6,8-9,12-13,16-29,45,50-51,59,61,66,71,84,92H,7,10-11,14-15,30-44,46-49H2,1-5H3,(H,83,96)(H,85,93)(H,86,95)/t51-,59+,61+,66-,71+,103?/m0/s1. The van der Waals surface area contributed by atoms with Crippen molar-refractivity contribution in [1.82, 2.24) is 39.9 Å². The fourth-order valence-electron chi connectivity index (χ4n) is 14.3. The molecule has 4 fully saturated rings. The summed E-state index contributed by atoms with van der Waals surface area (Å²) < 4.78 is 86.8. The molecule has 5 N–H and O–H groups in total. The second-order valence-corrected chi connectivity index (χ2v) is 34.8. The number of thioether (sulfide) groups is 1. The second kappa shape index (κ2) is 34.3. The van der Waals surface area contributed by atoms with Crippen molar-refractivity contribution in [3.8, 4) is 10.4 Å². The smallest absolute Gasteiger partial charge is 0.501 e. The molecule has 3 aliphatic heterocycles. The largest absolute Gasteiger partial charge is 0.588 e. The number of amides is 5. The van der Waals surface area contributed by atoms with Crippen LogP contribution in [0.5, 0.6) is 0 Å². The summed E-state index contributed by atoms with van der Waals surface area (Å²) in [4.78, 5) is 83.6.